The molecular weight excluding hydrogens is 751 g/mol. The van der Waals surface area contributed by atoms with Crippen LogP contribution < -0.4 is 21.3 Å². The van der Waals surface area contributed by atoms with Crippen molar-refractivity contribution in [2.24, 2.45) is 23.7 Å². The molecule has 0 spiro atoms. The fraction of sp³-hybridized carbons (Fsp3) is 0.944. The van der Waals surface area contributed by atoms with Crippen molar-refractivity contribution in [2.75, 3.05) is 39.0 Å². The maximum absolute atomic E-state index is 12.9. The van der Waals surface area contributed by atoms with E-state index in [1.807, 2.05) is 27.7 Å². The van der Waals surface area contributed by atoms with Crippen molar-refractivity contribution >= 4 is 35.3 Å². The first-order valence-corrected chi connectivity index (χ1v) is 21.8. The Morgan fingerprint density at radius 3 is 1.26 bits per heavy atom. The van der Waals surface area contributed by atoms with Crippen molar-refractivity contribution in [3.63, 3.8) is 0 Å². The van der Waals surface area contributed by atoms with Crippen molar-refractivity contribution < 1.29 is 58.5 Å². The summed E-state index contributed by atoms with van der Waals surface area (Å²) in [6.45, 7) is 8.00. The number of thioether (sulfide) groups is 2. The summed E-state index contributed by atoms with van der Waals surface area (Å²) in [5, 5.41) is 73.5. The molecule has 18 heteroatoms. The van der Waals surface area contributed by atoms with Gasteiger partial charge in [-0.05, 0) is 87.8 Å². The van der Waals surface area contributed by atoms with Crippen LogP contribution in [-0.2, 0) is 19.1 Å². The number of carbonyl (C=O) groups is 2. The van der Waals surface area contributed by atoms with Gasteiger partial charge in [-0.25, -0.2) is 0 Å². The lowest BCUT2D eigenvalue weighted by atomic mass is 9.88. The average Bonchev–Trinajstić information content (AvgIpc) is 3.56. The zero-order chi connectivity index (χ0) is 40.3. The molecule has 4 rings (SSSR count). The smallest absolute Gasteiger partial charge is 0.237 e. The summed E-state index contributed by atoms with van der Waals surface area (Å²) in [6, 6.07) is -1.91. The van der Waals surface area contributed by atoms with Crippen molar-refractivity contribution in [3.05, 3.63) is 0 Å². The standard InChI is InChI=1S/2C18H33FN2O5S/c2*1-9(2)12(16-14(23)13(22)15(24)18(26-16)27-3)21-17(25)11-5-4-10(8-19)6-7-20-11/h2*9-16,18,20,22-24H,4-8H2,1-3H3,(H,21,25)/t2*10-,11?,12?,13?,14?,15?,16?,18?/m10/s1. The van der Waals surface area contributed by atoms with Gasteiger partial charge in [-0.1, -0.05) is 27.7 Å². The molecule has 4 fully saturated rings. The molecule has 54 heavy (non-hydrogen) atoms. The van der Waals surface area contributed by atoms with E-state index in [4.69, 9.17) is 9.47 Å². The first kappa shape index (κ1) is 47.5. The van der Waals surface area contributed by atoms with Crippen LogP contribution in [0.2, 0.25) is 0 Å². The largest absolute Gasteiger partial charge is 0.388 e. The van der Waals surface area contributed by atoms with E-state index in [-0.39, 0.29) is 48.8 Å². The van der Waals surface area contributed by atoms with Gasteiger partial charge >= 0.3 is 0 Å². The summed E-state index contributed by atoms with van der Waals surface area (Å²) < 4.78 is 37.5. The number of amides is 2. The number of aliphatic hydroxyl groups is 6. The Bertz CT molecular complexity index is 1050. The maximum atomic E-state index is 12.9. The second-order valence-corrected chi connectivity index (χ2v) is 17.6. The molecule has 0 saturated carbocycles. The third-order valence-corrected chi connectivity index (χ3v) is 12.8. The number of hydrogen-bond donors (Lipinski definition) is 10. The Morgan fingerprint density at radius 2 is 0.963 bits per heavy atom. The first-order valence-electron chi connectivity index (χ1n) is 19.2. The molecule has 0 aromatic carbocycles. The molecule has 4 aliphatic heterocycles. The quantitative estimate of drug-likeness (QED) is 0.126. The Labute approximate surface area is 327 Å². The highest BCUT2D eigenvalue weighted by Gasteiger charge is 2.49. The highest BCUT2D eigenvalue weighted by molar-refractivity contribution is 7.99. The Kier molecular flexibility index (Phi) is 20.1. The van der Waals surface area contributed by atoms with Crippen LogP contribution in [0.15, 0.2) is 0 Å². The third-order valence-electron chi connectivity index (χ3n) is 11.1. The second-order valence-electron chi connectivity index (χ2n) is 15.7. The molecule has 2 amide bonds. The summed E-state index contributed by atoms with van der Waals surface area (Å²) in [5.41, 5.74) is -1.37. The zero-order valence-electron chi connectivity index (χ0n) is 32.4. The molecule has 4 saturated heterocycles. The van der Waals surface area contributed by atoms with E-state index in [9.17, 15) is 49.0 Å². The van der Waals surface area contributed by atoms with E-state index in [1.165, 1.54) is 23.5 Å². The number of ether oxygens (including phenoxy) is 2. The minimum atomic E-state index is -1.35. The highest BCUT2D eigenvalue weighted by Crippen LogP contribution is 2.32. The molecule has 14 nitrogen and oxygen atoms in total. The van der Waals surface area contributed by atoms with Gasteiger partial charge in [0, 0.05) is 0 Å². The Balaban J connectivity index is 0.000000290. The lowest BCUT2D eigenvalue weighted by Gasteiger charge is -2.44. The Hall–Kier alpha value is -0.900. The summed E-state index contributed by atoms with van der Waals surface area (Å²) in [4.78, 5) is 25.6. The summed E-state index contributed by atoms with van der Waals surface area (Å²) in [5.74, 6) is -0.598. The number of alkyl halides is 2. The molecule has 0 aliphatic carbocycles. The van der Waals surface area contributed by atoms with Gasteiger partial charge in [0.15, 0.2) is 0 Å². The van der Waals surface area contributed by atoms with Crippen LogP contribution >= 0.6 is 23.5 Å². The van der Waals surface area contributed by atoms with Crippen LogP contribution in [0.4, 0.5) is 8.78 Å². The van der Waals surface area contributed by atoms with Crippen LogP contribution in [0.1, 0.15) is 66.2 Å². The second kappa shape index (κ2) is 22.9. The lowest BCUT2D eigenvalue weighted by Crippen LogP contribution is -2.64. The van der Waals surface area contributed by atoms with E-state index < -0.39 is 83.9 Å². The molecule has 0 aromatic heterocycles. The molecule has 0 radical (unpaired) electrons. The number of hydrogen-bond acceptors (Lipinski definition) is 14. The summed E-state index contributed by atoms with van der Waals surface area (Å²) in [7, 11) is 0. The summed E-state index contributed by atoms with van der Waals surface area (Å²) >= 11 is 2.48. The van der Waals surface area contributed by atoms with Crippen LogP contribution in [0.3, 0.4) is 0 Å². The van der Waals surface area contributed by atoms with Gasteiger partial charge in [0.25, 0.3) is 0 Å². The minimum absolute atomic E-state index is 0.0151. The van der Waals surface area contributed by atoms with Gasteiger partial charge in [-0.2, -0.15) is 0 Å². The van der Waals surface area contributed by atoms with E-state index in [0.717, 1.165) is 0 Å². The topological polar surface area (TPSA) is 222 Å². The third kappa shape index (κ3) is 12.5. The van der Waals surface area contributed by atoms with Crippen molar-refractivity contribution in [1.29, 1.82) is 0 Å². The van der Waals surface area contributed by atoms with Crippen molar-refractivity contribution in [2.45, 2.75) is 150 Å². The minimum Gasteiger partial charge on any atom is -0.388 e. The van der Waals surface area contributed by atoms with Crippen LogP contribution in [0.5, 0.6) is 0 Å². The van der Waals surface area contributed by atoms with Crippen molar-refractivity contribution in [1.82, 2.24) is 21.3 Å². The SMILES string of the molecule is CSC1OC(C(NC(=O)C2CC[C@@H](CF)CCN2)C(C)C)C(O)C(O)C1O.CSC1OC(C(NC(=O)C2CC[C@H](CF)CCN2)C(C)C)C(O)C(O)C1O. The molecule has 16 atom stereocenters. The van der Waals surface area contributed by atoms with E-state index in [0.29, 0.717) is 51.6 Å². The van der Waals surface area contributed by atoms with Gasteiger partial charge in [-0.3, -0.25) is 18.4 Å². The fourth-order valence-electron chi connectivity index (χ4n) is 7.49. The van der Waals surface area contributed by atoms with E-state index in [2.05, 4.69) is 21.3 Å². The van der Waals surface area contributed by atoms with E-state index >= 15 is 0 Å². The first-order chi connectivity index (χ1) is 25.6. The molecule has 0 bridgehead atoms. The van der Waals surface area contributed by atoms with Gasteiger partial charge in [0.2, 0.25) is 11.8 Å². The predicted molar refractivity (Wildman–Crippen MR) is 204 cm³/mol. The molecule has 10 N–H and O–H groups in total. The van der Waals surface area contributed by atoms with Crippen LogP contribution in [0, 0.1) is 23.7 Å². The normalized spacial score (nSPS) is 39.0. The van der Waals surface area contributed by atoms with Gasteiger partial charge < -0.3 is 61.4 Å². The lowest BCUT2D eigenvalue weighted by molar-refractivity contribution is -0.208. The molecule has 0 aromatic rings. The molecule has 4 aliphatic rings. The maximum Gasteiger partial charge on any atom is 0.237 e. The highest BCUT2D eigenvalue weighted by atomic mass is 32.2. The predicted octanol–water partition coefficient (Wildman–Crippen LogP) is 0.0512. The Morgan fingerprint density at radius 1 is 0.611 bits per heavy atom. The van der Waals surface area contributed by atoms with E-state index in [1.54, 1.807) is 12.5 Å². The number of nitrogens with one attached hydrogen (secondary N) is 4. The summed E-state index contributed by atoms with van der Waals surface area (Å²) in [6.07, 6.45) is -2.09. The average molecular weight is 817 g/mol. The molecule has 316 valence electrons. The van der Waals surface area contributed by atoms with Crippen LogP contribution in [-0.4, -0.2) is 165 Å². The molecular formula is C36H66F2N4O10S2. The number of rotatable bonds is 12. The van der Waals surface area contributed by atoms with Gasteiger partial charge in [0.1, 0.15) is 59.7 Å². The number of aliphatic hydroxyl groups excluding tert-OH is 6. The number of carbonyl (C=O) groups excluding carboxylic acids is 2. The zero-order valence-corrected chi connectivity index (χ0v) is 34.0. The number of halogens is 2. The van der Waals surface area contributed by atoms with Crippen molar-refractivity contribution in [3.8, 4) is 0 Å². The molecule has 14 unspecified atom stereocenters. The van der Waals surface area contributed by atoms with Crippen LogP contribution in [0.25, 0.3) is 0 Å². The van der Waals surface area contributed by atoms with Gasteiger partial charge in [0.05, 0.1) is 37.5 Å². The fourth-order valence-corrected chi connectivity index (χ4v) is 8.85. The molecule has 4 heterocycles. The van der Waals surface area contributed by atoms with Gasteiger partial charge in [-0.15, -0.1) is 23.5 Å². The monoisotopic (exact) mass is 816 g/mol.